The summed E-state index contributed by atoms with van der Waals surface area (Å²) in [6.45, 7) is 3.43. The molecule has 1 fully saturated rings. The lowest BCUT2D eigenvalue weighted by Gasteiger charge is -2.16. The highest BCUT2D eigenvalue weighted by Crippen LogP contribution is 2.12. The van der Waals surface area contributed by atoms with Crippen LogP contribution in [-0.4, -0.2) is 61.5 Å². The minimum absolute atomic E-state index is 0.341. The number of methoxy groups -OCH3 is 1. The fraction of sp³-hybridized carbons (Fsp3) is 0.538. The predicted molar refractivity (Wildman–Crippen MR) is 73.6 cm³/mol. The first kappa shape index (κ1) is 14.3. The van der Waals surface area contributed by atoms with E-state index in [0.29, 0.717) is 23.9 Å². The van der Waals surface area contributed by atoms with Crippen LogP contribution in [0.5, 0.6) is 5.75 Å². The number of ether oxygens (including phenoxy) is 2. The molecule has 1 aliphatic heterocycles. The van der Waals surface area contributed by atoms with Gasteiger partial charge in [-0.15, -0.1) is 0 Å². The third kappa shape index (κ3) is 4.21. The standard InChI is InChI=1S/C13H20BNO4/c1-18-13-5-6-15(10-13)7-8-19-12-4-2-3-11(9-12)14(16)17/h2-4,9,13,16-17H,5-8,10H2,1H3. The molecule has 2 rings (SSSR count). The van der Waals surface area contributed by atoms with Crippen molar-refractivity contribution < 1.29 is 19.5 Å². The van der Waals surface area contributed by atoms with Gasteiger partial charge >= 0.3 is 7.12 Å². The fourth-order valence-corrected chi connectivity index (χ4v) is 2.25. The van der Waals surface area contributed by atoms with Gasteiger partial charge in [-0.25, -0.2) is 0 Å². The Morgan fingerprint density at radius 1 is 1.42 bits per heavy atom. The highest BCUT2D eigenvalue weighted by Gasteiger charge is 2.21. The number of hydrogen-bond acceptors (Lipinski definition) is 5. The van der Waals surface area contributed by atoms with Gasteiger partial charge in [-0.3, -0.25) is 4.90 Å². The summed E-state index contributed by atoms with van der Waals surface area (Å²) in [6, 6.07) is 6.86. The lowest BCUT2D eigenvalue weighted by Crippen LogP contribution is -2.30. The molecular formula is C13H20BNO4. The monoisotopic (exact) mass is 265 g/mol. The molecule has 0 saturated carbocycles. The second kappa shape index (κ2) is 6.91. The van der Waals surface area contributed by atoms with E-state index >= 15 is 0 Å². The largest absolute Gasteiger partial charge is 0.492 e. The van der Waals surface area contributed by atoms with E-state index < -0.39 is 7.12 Å². The second-order valence-corrected chi connectivity index (χ2v) is 4.74. The molecule has 0 aromatic heterocycles. The molecule has 5 nitrogen and oxygen atoms in total. The Kier molecular flexibility index (Phi) is 5.21. The van der Waals surface area contributed by atoms with Gasteiger partial charge in [-0.1, -0.05) is 12.1 Å². The van der Waals surface area contributed by atoms with Gasteiger partial charge < -0.3 is 19.5 Å². The summed E-state index contributed by atoms with van der Waals surface area (Å²) in [5, 5.41) is 18.2. The zero-order valence-corrected chi connectivity index (χ0v) is 11.2. The quantitative estimate of drug-likeness (QED) is 0.677. The van der Waals surface area contributed by atoms with E-state index in [1.165, 1.54) is 0 Å². The fourth-order valence-electron chi connectivity index (χ4n) is 2.25. The van der Waals surface area contributed by atoms with E-state index in [2.05, 4.69) is 4.90 Å². The van der Waals surface area contributed by atoms with Gasteiger partial charge in [-0.2, -0.15) is 0 Å². The van der Waals surface area contributed by atoms with Crippen LogP contribution in [0.3, 0.4) is 0 Å². The maximum absolute atomic E-state index is 9.08. The minimum Gasteiger partial charge on any atom is -0.492 e. The summed E-state index contributed by atoms with van der Waals surface area (Å²) in [4.78, 5) is 2.30. The Labute approximate surface area is 113 Å². The molecule has 1 heterocycles. The Bertz CT molecular complexity index is 402. The van der Waals surface area contributed by atoms with Crippen LogP contribution in [0, 0.1) is 0 Å². The van der Waals surface area contributed by atoms with Crippen LogP contribution >= 0.6 is 0 Å². The van der Waals surface area contributed by atoms with Crippen molar-refractivity contribution >= 4 is 12.6 Å². The van der Waals surface area contributed by atoms with Crippen LogP contribution < -0.4 is 10.2 Å². The molecule has 1 unspecified atom stereocenters. The van der Waals surface area contributed by atoms with Crippen molar-refractivity contribution in [1.82, 2.24) is 4.90 Å². The average molecular weight is 265 g/mol. The molecule has 1 atom stereocenters. The molecule has 0 aliphatic carbocycles. The van der Waals surface area contributed by atoms with E-state index in [-0.39, 0.29) is 0 Å². The van der Waals surface area contributed by atoms with Crippen molar-refractivity contribution in [3.8, 4) is 5.75 Å². The van der Waals surface area contributed by atoms with Crippen LogP contribution in [0.15, 0.2) is 24.3 Å². The molecule has 0 amide bonds. The smallest absolute Gasteiger partial charge is 0.488 e. The summed E-state index contributed by atoms with van der Waals surface area (Å²) in [7, 11) is 0.292. The molecule has 0 bridgehead atoms. The van der Waals surface area contributed by atoms with Crippen LogP contribution in [0.1, 0.15) is 6.42 Å². The van der Waals surface area contributed by atoms with Crippen molar-refractivity contribution in [2.24, 2.45) is 0 Å². The normalized spacial score (nSPS) is 19.6. The maximum Gasteiger partial charge on any atom is 0.488 e. The van der Waals surface area contributed by atoms with Crippen molar-refractivity contribution in [3.05, 3.63) is 24.3 Å². The number of rotatable bonds is 6. The van der Waals surface area contributed by atoms with Gasteiger partial charge in [0.25, 0.3) is 0 Å². The van der Waals surface area contributed by atoms with Crippen LogP contribution in [0.4, 0.5) is 0 Å². The maximum atomic E-state index is 9.08. The average Bonchev–Trinajstić information content (AvgIpc) is 2.87. The first-order valence-electron chi connectivity index (χ1n) is 6.53. The number of likely N-dealkylation sites (tertiary alicyclic amines) is 1. The van der Waals surface area contributed by atoms with E-state index in [4.69, 9.17) is 19.5 Å². The zero-order chi connectivity index (χ0) is 13.7. The Morgan fingerprint density at radius 2 is 2.26 bits per heavy atom. The molecule has 1 aliphatic rings. The number of hydrogen-bond donors (Lipinski definition) is 2. The summed E-state index contributed by atoms with van der Waals surface area (Å²) in [5.74, 6) is 0.660. The minimum atomic E-state index is -1.45. The van der Waals surface area contributed by atoms with Crippen LogP contribution in [0.2, 0.25) is 0 Å². The van der Waals surface area contributed by atoms with Crippen molar-refractivity contribution in [2.45, 2.75) is 12.5 Å². The van der Waals surface area contributed by atoms with E-state index in [1.54, 1.807) is 25.3 Å². The molecular weight excluding hydrogens is 245 g/mol. The summed E-state index contributed by atoms with van der Waals surface area (Å²) in [5.41, 5.74) is 0.443. The third-order valence-electron chi connectivity index (χ3n) is 3.39. The molecule has 6 heteroatoms. The van der Waals surface area contributed by atoms with E-state index in [0.717, 1.165) is 26.1 Å². The Balaban J connectivity index is 1.75. The third-order valence-corrected chi connectivity index (χ3v) is 3.39. The molecule has 1 saturated heterocycles. The van der Waals surface area contributed by atoms with Gasteiger partial charge in [0.15, 0.2) is 0 Å². The highest BCUT2D eigenvalue weighted by atomic mass is 16.5. The van der Waals surface area contributed by atoms with E-state index in [1.807, 2.05) is 6.07 Å². The summed E-state index contributed by atoms with van der Waals surface area (Å²) < 4.78 is 10.9. The van der Waals surface area contributed by atoms with Gasteiger partial charge in [0, 0.05) is 26.7 Å². The molecule has 0 spiro atoms. The lowest BCUT2D eigenvalue weighted by atomic mass is 9.80. The Morgan fingerprint density at radius 3 is 2.95 bits per heavy atom. The highest BCUT2D eigenvalue weighted by molar-refractivity contribution is 6.58. The summed E-state index contributed by atoms with van der Waals surface area (Å²) >= 11 is 0. The van der Waals surface area contributed by atoms with Crippen molar-refractivity contribution in [2.75, 3.05) is 33.4 Å². The number of benzene rings is 1. The second-order valence-electron chi connectivity index (χ2n) is 4.74. The zero-order valence-electron chi connectivity index (χ0n) is 11.2. The predicted octanol–water partition coefficient (Wildman–Crippen LogP) is -0.534. The van der Waals surface area contributed by atoms with Gasteiger partial charge in [-0.05, 0) is 24.0 Å². The molecule has 1 aromatic carbocycles. The SMILES string of the molecule is COC1CCN(CCOc2cccc(B(O)O)c2)C1. The molecule has 2 N–H and O–H groups in total. The van der Waals surface area contributed by atoms with Crippen LogP contribution in [-0.2, 0) is 4.74 Å². The van der Waals surface area contributed by atoms with E-state index in [9.17, 15) is 0 Å². The molecule has 19 heavy (non-hydrogen) atoms. The summed E-state index contributed by atoms with van der Waals surface area (Å²) in [6.07, 6.45) is 1.41. The molecule has 1 aromatic rings. The molecule has 104 valence electrons. The number of nitrogens with zero attached hydrogens (tertiary/aromatic N) is 1. The van der Waals surface area contributed by atoms with Gasteiger partial charge in [0.2, 0.25) is 0 Å². The van der Waals surface area contributed by atoms with Gasteiger partial charge in [0.05, 0.1) is 6.10 Å². The molecule has 0 radical (unpaired) electrons. The first-order chi connectivity index (χ1) is 9.19. The topological polar surface area (TPSA) is 62.2 Å². The van der Waals surface area contributed by atoms with Crippen molar-refractivity contribution in [3.63, 3.8) is 0 Å². The van der Waals surface area contributed by atoms with Crippen molar-refractivity contribution in [1.29, 1.82) is 0 Å². The van der Waals surface area contributed by atoms with Crippen LogP contribution in [0.25, 0.3) is 0 Å². The Hall–Kier alpha value is -1.08. The first-order valence-corrected chi connectivity index (χ1v) is 6.53. The van der Waals surface area contributed by atoms with Gasteiger partial charge in [0.1, 0.15) is 12.4 Å². The lowest BCUT2D eigenvalue weighted by molar-refractivity contribution is 0.106.